The predicted molar refractivity (Wildman–Crippen MR) is 97.2 cm³/mol. The van der Waals surface area contributed by atoms with E-state index < -0.39 is 6.04 Å². The van der Waals surface area contributed by atoms with Crippen LogP contribution in [0.5, 0.6) is 0 Å². The lowest BCUT2D eigenvalue weighted by Gasteiger charge is -2.28. The number of para-hydroxylation sites is 1. The second kappa shape index (κ2) is 8.18. The molecule has 0 saturated carbocycles. The Kier molecular flexibility index (Phi) is 6.23. The Hall–Kier alpha value is -2.04. The zero-order valence-corrected chi connectivity index (χ0v) is 15.2. The maximum atomic E-state index is 13.1. The van der Waals surface area contributed by atoms with Crippen molar-refractivity contribution in [3.63, 3.8) is 0 Å². The molecule has 1 N–H and O–H groups in total. The van der Waals surface area contributed by atoms with Crippen LogP contribution in [0.4, 0.5) is 10.5 Å². The lowest BCUT2D eigenvalue weighted by Crippen LogP contribution is -2.52. The third-order valence-corrected chi connectivity index (χ3v) is 4.51. The molecule has 5 heteroatoms. The van der Waals surface area contributed by atoms with Crippen molar-refractivity contribution in [2.75, 3.05) is 24.5 Å². The summed E-state index contributed by atoms with van der Waals surface area (Å²) < 4.78 is 0. The van der Waals surface area contributed by atoms with Gasteiger partial charge in [0.1, 0.15) is 6.04 Å². The first-order chi connectivity index (χ1) is 11.5. The molecule has 132 valence electrons. The van der Waals surface area contributed by atoms with Crippen LogP contribution in [0.1, 0.15) is 39.7 Å². The Bertz CT molecular complexity index is 582. The van der Waals surface area contributed by atoms with Gasteiger partial charge < -0.3 is 15.1 Å². The van der Waals surface area contributed by atoms with Gasteiger partial charge in [-0.15, -0.1) is 0 Å². The van der Waals surface area contributed by atoms with Gasteiger partial charge in [-0.2, -0.15) is 0 Å². The fourth-order valence-corrected chi connectivity index (χ4v) is 3.20. The molecule has 0 saturated heterocycles. The molecule has 1 atom stereocenters. The second-order valence-electron chi connectivity index (χ2n) is 6.67. The largest absolute Gasteiger partial charge is 0.326 e. The summed E-state index contributed by atoms with van der Waals surface area (Å²) in [6.45, 7) is 9.99. The Balaban J connectivity index is 2.16. The highest BCUT2D eigenvalue weighted by Crippen LogP contribution is 2.28. The number of hydrogen-bond donors (Lipinski definition) is 1. The Labute approximate surface area is 145 Å². The molecule has 0 fully saturated rings. The van der Waals surface area contributed by atoms with E-state index in [1.807, 2.05) is 36.9 Å². The van der Waals surface area contributed by atoms with E-state index in [1.165, 1.54) is 5.56 Å². The second-order valence-corrected chi connectivity index (χ2v) is 6.67. The maximum Gasteiger partial charge on any atom is 0.318 e. The van der Waals surface area contributed by atoms with Gasteiger partial charge in [0.2, 0.25) is 5.91 Å². The fraction of sp³-hybridized carbons (Fsp3) is 0.579. The van der Waals surface area contributed by atoms with E-state index >= 15 is 0 Å². The number of anilines is 1. The Morgan fingerprint density at radius 2 is 1.88 bits per heavy atom. The zero-order chi connectivity index (χ0) is 17.7. The quantitative estimate of drug-likeness (QED) is 0.871. The minimum Gasteiger partial charge on any atom is -0.326 e. The smallest absolute Gasteiger partial charge is 0.318 e. The van der Waals surface area contributed by atoms with Crippen molar-refractivity contribution in [3.05, 3.63) is 29.8 Å². The average molecular weight is 331 g/mol. The monoisotopic (exact) mass is 331 g/mol. The number of nitrogens with zero attached hydrogens (tertiary/aromatic N) is 2. The van der Waals surface area contributed by atoms with Crippen molar-refractivity contribution < 1.29 is 9.59 Å². The minimum absolute atomic E-state index is 0.00541. The van der Waals surface area contributed by atoms with E-state index in [2.05, 4.69) is 25.2 Å². The molecule has 0 unspecified atom stereocenters. The van der Waals surface area contributed by atoms with Crippen LogP contribution < -0.4 is 10.2 Å². The van der Waals surface area contributed by atoms with Crippen LogP contribution in [-0.4, -0.2) is 42.5 Å². The van der Waals surface area contributed by atoms with Gasteiger partial charge in [-0.3, -0.25) is 4.79 Å². The molecule has 1 aliphatic rings. The minimum atomic E-state index is -0.482. The van der Waals surface area contributed by atoms with Crippen molar-refractivity contribution in [2.24, 2.45) is 5.92 Å². The molecule has 0 radical (unpaired) electrons. The van der Waals surface area contributed by atoms with Crippen molar-refractivity contribution in [1.29, 1.82) is 0 Å². The fourth-order valence-electron chi connectivity index (χ4n) is 3.20. The maximum absolute atomic E-state index is 13.1. The number of nitrogens with one attached hydrogen (secondary N) is 1. The van der Waals surface area contributed by atoms with E-state index in [0.29, 0.717) is 32.0 Å². The molecule has 1 aromatic carbocycles. The van der Waals surface area contributed by atoms with Gasteiger partial charge in [-0.05, 0) is 44.2 Å². The van der Waals surface area contributed by atoms with Gasteiger partial charge >= 0.3 is 6.03 Å². The molecule has 0 bridgehead atoms. The van der Waals surface area contributed by atoms with E-state index in [1.54, 1.807) is 4.90 Å². The van der Waals surface area contributed by atoms with Crippen LogP contribution in [0.3, 0.4) is 0 Å². The van der Waals surface area contributed by atoms with Crippen LogP contribution in [0.2, 0.25) is 0 Å². The highest BCUT2D eigenvalue weighted by atomic mass is 16.2. The van der Waals surface area contributed by atoms with Gasteiger partial charge in [-0.1, -0.05) is 32.0 Å². The third kappa shape index (κ3) is 4.08. The first kappa shape index (κ1) is 18.3. The molecule has 5 nitrogen and oxygen atoms in total. The number of benzene rings is 1. The zero-order valence-electron chi connectivity index (χ0n) is 15.2. The molecule has 0 aromatic heterocycles. The summed E-state index contributed by atoms with van der Waals surface area (Å²) >= 11 is 0. The summed E-state index contributed by atoms with van der Waals surface area (Å²) in [6.07, 6.45) is 1.52. The van der Waals surface area contributed by atoms with E-state index in [-0.39, 0.29) is 11.9 Å². The van der Waals surface area contributed by atoms with E-state index in [0.717, 1.165) is 12.1 Å². The number of carbonyl (C=O) groups is 2. The van der Waals surface area contributed by atoms with Crippen molar-refractivity contribution in [1.82, 2.24) is 10.2 Å². The van der Waals surface area contributed by atoms with E-state index in [9.17, 15) is 9.59 Å². The molecule has 3 amide bonds. The molecule has 24 heavy (non-hydrogen) atoms. The van der Waals surface area contributed by atoms with Crippen molar-refractivity contribution >= 4 is 17.6 Å². The number of carbonyl (C=O) groups excluding carboxylic acids is 2. The van der Waals surface area contributed by atoms with Gasteiger partial charge in [0, 0.05) is 25.3 Å². The molecule has 2 rings (SSSR count). The molecular formula is C19H29N3O2. The molecule has 1 aliphatic heterocycles. The van der Waals surface area contributed by atoms with Gasteiger partial charge in [0.15, 0.2) is 0 Å². The molecule has 1 aromatic rings. The van der Waals surface area contributed by atoms with Crippen molar-refractivity contribution in [3.8, 4) is 0 Å². The summed E-state index contributed by atoms with van der Waals surface area (Å²) in [6, 6.07) is 7.36. The normalized spacial score (nSPS) is 14.5. The number of urea groups is 1. The topological polar surface area (TPSA) is 52.7 Å². The van der Waals surface area contributed by atoms with Gasteiger partial charge in [0.25, 0.3) is 0 Å². The summed E-state index contributed by atoms with van der Waals surface area (Å²) in [5, 5.41) is 2.95. The number of amides is 3. The lowest BCUT2D eigenvalue weighted by atomic mass is 10.0. The molecule has 1 heterocycles. The van der Waals surface area contributed by atoms with Gasteiger partial charge in [-0.25, -0.2) is 4.79 Å². The highest BCUT2D eigenvalue weighted by Gasteiger charge is 2.31. The Morgan fingerprint density at radius 3 is 2.50 bits per heavy atom. The first-order valence-electron chi connectivity index (χ1n) is 8.92. The standard InChI is InChI=1S/C19H29N3O2/c1-5-21(6-2)19(24)20-16(13-14(3)4)18(23)22-12-11-15-9-7-8-10-17(15)22/h7-10,14,16H,5-6,11-13H2,1-4H3,(H,20,24)/t16-/m0/s1. The van der Waals surface area contributed by atoms with Crippen LogP contribution in [0, 0.1) is 5.92 Å². The Morgan fingerprint density at radius 1 is 1.21 bits per heavy atom. The van der Waals surface area contributed by atoms with Gasteiger partial charge in [0.05, 0.1) is 0 Å². The SMILES string of the molecule is CCN(CC)C(=O)N[C@@H](CC(C)C)C(=O)N1CCc2ccccc21. The predicted octanol–water partition coefficient (Wildman–Crippen LogP) is 3.04. The molecule has 0 spiro atoms. The summed E-state index contributed by atoms with van der Waals surface area (Å²) in [7, 11) is 0. The van der Waals surface area contributed by atoms with Crippen molar-refractivity contribution in [2.45, 2.75) is 46.6 Å². The van der Waals surface area contributed by atoms with Crippen LogP contribution in [0.25, 0.3) is 0 Å². The lowest BCUT2D eigenvalue weighted by molar-refractivity contribution is -0.120. The number of hydrogen-bond acceptors (Lipinski definition) is 2. The average Bonchev–Trinajstić information content (AvgIpc) is 2.98. The summed E-state index contributed by atoms with van der Waals surface area (Å²) in [5.74, 6) is 0.322. The number of fused-ring (bicyclic) bond motifs is 1. The summed E-state index contributed by atoms with van der Waals surface area (Å²) in [5.41, 5.74) is 2.18. The molecular weight excluding hydrogens is 302 g/mol. The first-order valence-corrected chi connectivity index (χ1v) is 8.92. The third-order valence-electron chi connectivity index (χ3n) is 4.51. The number of rotatable bonds is 6. The van der Waals surface area contributed by atoms with Crippen LogP contribution in [-0.2, 0) is 11.2 Å². The highest BCUT2D eigenvalue weighted by molar-refractivity contribution is 6.00. The summed E-state index contributed by atoms with van der Waals surface area (Å²) in [4.78, 5) is 29.0. The van der Waals surface area contributed by atoms with Crippen LogP contribution in [0.15, 0.2) is 24.3 Å². The molecule has 0 aliphatic carbocycles. The van der Waals surface area contributed by atoms with E-state index in [4.69, 9.17) is 0 Å². The van der Waals surface area contributed by atoms with Crippen LogP contribution >= 0.6 is 0 Å².